The highest BCUT2D eigenvalue weighted by atomic mass is 32.2. The fourth-order valence-corrected chi connectivity index (χ4v) is 6.27. The summed E-state index contributed by atoms with van der Waals surface area (Å²) < 4.78 is 2.09. The van der Waals surface area contributed by atoms with Crippen LogP contribution in [-0.4, -0.2) is 19.7 Å². The van der Waals surface area contributed by atoms with Gasteiger partial charge in [-0.3, -0.25) is 0 Å². The molecule has 2 aromatic carbocycles. The first-order valence-electron chi connectivity index (χ1n) is 10.3. The van der Waals surface area contributed by atoms with Gasteiger partial charge in [-0.05, 0) is 25.5 Å². The Morgan fingerprint density at radius 2 is 1.72 bits per heavy atom. The monoisotopic (exact) mass is 474 g/mol. The largest absolute Gasteiger partial charge is 0.305 e. The highest BCUT2D eigenvalue weighted by molar-refractivity contribution is 7.98. The van der Waals surface area contributed by atoms with Crippen molar-refractivity contribution in [1.82, 2.24) is 19.7 Å². The predicted octanol–water partition coefficient (Wildman–Crippen LogP) is 7.24. The number of hydrogen-bond acceptors (Lipinski definition) is 6. The maximum Gasteiger partial charge on any atom is 0.191 e. The zero-order valence-electron chi connectivity index (χ0n) is 18.1. The van der Waals surface area contributed by atoms with E-state index < -0.39 is 0 Å². The zero-order valence-corrected chi connectivity index (χ0v) is 20.5. The number of aromatic nitrogens is 4. The van der Waals surface area contributed by atoms with Gasteiger partial charge in [0.2, 0.25) is 0 Å². The van der Waals surface area contributed by atoms with Gasteiger partial charge in [-0.1, -0.05) is 65.9 Å². The Kier molecular flexibility index (Phi) is 5.95. The Hall–Kier alpha value is -2.74. The van der Waals surface area contributed by atoms with Gasteiger partial charge in [0.05, 0.1) is 5.69 Å². The molecule has 5 aromatic rings. The molecule has 0 bridgehead atoms. The number of thioether (sulfide) groups is 1. The molecular formula is C25H22N4S3. The normalized spacial score (nSPS) is 11.2. The van der Waals surface area contributed by atoms with E-state index in [9.17, 15) is 0 Å². The summed E-state index contributed by atoms with van der Waals surface area (Å²) in [6.45, 7) is 4.27. The van der Waals surface area contributed by atoms with Crippen LogP contribution >= 0.6 is 34.4 Å². The van der Waals surface area contributed by atoms with Crippen molar-refractivity contribution in [2.24, 2.45) is 7.05 Å². The zero-order chi connectivity index (χ0) is 22.1. The van der Waals surface area contributed by atoms with Crippen LogP contribution in [0.15, 0.2) is 70.5 Å². The second-order valence-electron chi connectivity index (χ2n) is 7.61. The third-order valence-electron chi connectivity index (χ3n) is 5.28. The van der Waals surface area contributed by atoms with E-state index in [1.165, 1.54) is 27.1 Å². The Morgan fingerprint density at radius 1 is 0.906 bits per heavy atom. The maximum absolute atomic E-state index is 4.83. The molecule has 32 heavy (non-hydrogen) atoms. The topological polar surface area (TPSA) is 43.6 Å². The van der Waals surface area contributed by atoms with E-state index in [0.717, 1.165) is 33.0 Å². The fourth-order valence-electron chi connectivity index (χ4n) is 3.68. The number of benzene rings is 2. The molecule has 0 saturated heterocycles. The van der Waals surface area contributed by atoms with E-state index in [4.69, 9.17) is 4.98 Å². The molecule has 0 radical (unpaired) electrons. The van der Waals surface area contributed by atoms with Gasteiger partial charge in [0.25, 0.3) is 0 Å². The van der Waals surface area contributed by atoms with E-state index in [0.29, 0.717) is 0 Å². The van der Waals surface area contributed by atoms with Crippen molar-refractivity contribution in [3.05, 3.63) is 81.5 Å². The molecule has 0 spiro atoms. The van der Waals surface area contributed by atoms with Crippen LogP contribution in [0.3, 0.4) is 0 Å². The van der Waals surface area contributed by atoms with Crippen molar-refractivity contribution in [3.8, 4) is 33.1 Å². The van der Waals surface area contributed by atoms with Gasteiger partial charge in [0.1, 0.15) is 5.01 Å². The van der Waals surface area contributed by atoms with Gasteiger partial charge in [-0.15, -0.1) is 32.9 Å². The Labute approximate surface area is 200 Å². The number of nitrogens with zero attached hydrogens (tertiary/aromatic N) is 4. The first-order valence-corrected chi connectivity index (χ1v) is 13.0. The van der Waals surface area contributed by atoms with Crippen LogP contribution in [-0.2, 0) is 12.8 Å². The van der Waals surface area contributed by atoms with Crippen molar-refractivity contribution in [3.63, 3.8) is 0 Å². The lowest BCUT2D eigenvalue weighted by Gasteiger charge is -2.07. The second kappa shape index (κ2) is 9.02. The lowest BCUT2D eigenvalue weighted by atomic mass is 10.0. The van der Waals surface area contributed by atoms with E-state index in [2.05, 4.69) is 87.9 Å². The lowest BCUT2D eigenvalue weighted by molar-refractivity contribution is 0.794. The van der Waals surface area contributed by atoms with E-state index >= 15 is 0 Å². The molecule has 3 heterocycles. The molecule has 3 aromatic heterocycles. The van der Waals surface area contributed by atoms with Crippen LogP contribution in [0.4, 0.5) is 0 Å². The highest BCUT2D eigenvalue weighted by Gasteiger charge is 2.19. The standard InChI is InChI=1S/C25H22N4S3/c1-16-8-7-11-19(12-16)24-26-20(13-31-24)14-32-25-28-27-23(29(25)3)21-15-30-17(2)22(21)18-9-5-4-6-10-18/h4-13,15H,14H2,1-3H3. The molecule has 0 aliphatic carbocycles. The van der Waals surface area contributed by atoms with Crippen molar-refractivity contribution >= 4 is 34.4 Å². The molecule has 0 aliphatic rings. The van der Waals surface area contributed by atoms with Gasteiger partial charge >= 0.3 is 0 Å². The van der Waals surface area contributed by atoms with Crippen molar-refractivity contribution in [1.29, 1.82) is 0 Å². The summed E-state index contributed by atoms with van der Waals surface area (Å²) in [5.74, 6) is 1.66. The number of rotatable bonds is 6. The van der Waals surface area contributed by atoms with Gasteiger partial charge in [0.15, 0.2) is 11.0 Å². The van der Waals surface area contributed by atoms with Gasteiger partial charge in [0, 0.05) is 45.1 Å². The minimum Gasteiger partial charge on any atom is -0.305 e. The Balaban J connectivity index is 1.36. The molecule has 0 fully saturated rings. The van der Waals surface area contributed by atoms with Gasteiger partial charge < -0.3 is 4.57 Å². The van der Waals surface area contributed by atoms with Crippen LogP contribution in [0.2, 0.25) is 0 Å². The first-order chi connectivity index (χ1) is 15.6. The van der Waals surface area contributed by atoms with Crippen molar-refractivity contribution in [2.75, 3.05) is 0 Å². The summed E-state index contributed by atoms with van der Waals surface area (Å²) in [5, 5.41) is 15.3. The predicted molar refractivity (Wildman–Crippen MR) is 136 cm³/mol. The molecule has 4 nitrogen and oxygen atoms in total. The summed E-state index contributed by atoms with van der Waals surface area (Å²) in [4.78, 5) is 6.12. The number of aryl methyl sites for hydroxylation is 2. The number of thiophene rings is 1. The number of thiazole rings is 1. The van der Waals surface area contributed by atoms with Crippen LogP contribution < -0.4 is 0 Å². The van der Waals surface area contributed by atoms with E-state index in [-0.39, 0.29) is 0 Å². The van der Waals surface area contributed by atoms with Crippen molar-refractivity contribution < 1.29 is 0 Å². The molecule has 0 unspecified atom stereocenters. The van der Waals surface area contributed by atoms with E-state index in [1.54, 1.807) is 34.4 Å². The second-order valence-corrected chi connectivity index (χ2v) is 10.5. The summed E-state index contributed by atoms with van der Waals surface area (Å²) in [6.07, 6.45) is 0. The Morgan fingerprint density at radius 3 is 2.53 bits per heavy atom. The van der Waals surface area contributed by atoms with E-state index in [1.807, 2.05) is 13.1 Å². The summed E-state index contributed by atoms with van der Waals surface area (Å²) in [6, 6.07) is 19.0. The number of hydrogen-bond donors (Lipinski definition) is 0. The average Bonchev–Trinajstić information content (AvgIpc) is 3.52. The smallest absolute Gasteiger partial charge is 0.191 e. The van der Waals surface area contributed by atoms with Gasteiger partial charge in [-0.2, -0.15) is 0 Å². The average molecular weight is 475 g/mol. The summed E-state index contributed by atoms with van der Waals surface area (Å²) >= 11 is 5.12. The third kappa shape index (κ3) is 4.16. The molecule has 160 valence electrons. The minimum absolute atomic E-state index is 0.766. The summed E-state index contributed by atoms with van der Waals surface area (Å²) in [5.41, 5.74) is 7.08. The van der Waals surface area contributed by atoms with Crippen LogP contribution in [0.5, 0.6) is 0 Å². The SMILES string of the molecule is Cc1cccc(-c2nc(CSc3nnc(-c4csc(C)c4-c4ccccc4)n3C)cs2)c1. The molecule has 5 rings (SSSR count). The molecule has 7 heteroatoms. The molecule has 0 atom stereocenters. The van der Waals surface area contributed by atoms with Crippen molar-refractivity contribution in [2.45, 2.75) is 24.8 Å². The van der Waals surface area contributed by atoms with Crippen LogP contribution in [0.1, 0.15) is 16.1 Å². The fraction of sp³-hybridized carbons (Fsp3) is 0.160. The molecular weight excluding hydrogens is 453 g/mol. The molecule has 0 amide bonds. The van der Waals surface area contributed by atoms with Crippen LogP contribution in [0.25, 0.3) is 33.1 Å². The van der Waals surface area contributed by atoms with Gasteiger partial charge in [-0.25, -0.2) is 4.98 Å². The minimum atomic E-state index is 0.766. The lowest BCUT2D eigenvalue weighted by Crippen LogP contribution is -1.96. The highest BCUT2D eigenvalue weighted by Crippen LogP contribution is 2.39. The molecule has 0 aliphatic heterocycles. The summed E-state index contributed by atoms with van der Waals surface area (Å²) in [7, 11) is 2.04. The first kappa shape index (κ1) is 21.1. The van der Waals surface area contributed by atoms with Crippen LogP contribution in [0, 0.1) is 13.8 Å². The molecule has 0 N–H and O–H groups in total. The Bertz CT molecular complexity index is 1370. The molecule has 0 saturated carbocycles. The maximum atomic E-state index is 4.83. The third-order valence-corrected chi connectivity index (χ3v) is 8.18. The quantitative estimate of drug-likeness (QED) is 0.243.